The SMILES string of the molecule is OCc1c(F)cc(I)cc1F.OCc1c(F)cc(Oc2cccc(OCC3CC3)c2)cc1F. The third-order valence-corrected chi connectivity index (χ3v) is 5.38. The first-order chi connectivity index (χ1) is 15.8. The van der Waals surface area contributed by atoms with Gasteiger partial charge in [-0.15, -0.1) is 0 Å². The summed E-state index contributed by atoms with van der Waals surface area (Å²) >= 11 is 1.80. The molecule has 0 bridgehead atoms. The lowest BCUT2D eigenvalue weighted by molar-refractivity contribution is 0.268. The summed E-state index contributed by atoms with van der Waals surface area (Å²) in [6.45, 7) is -0.616. The number of rotatable bonds is 7. The van der Waals surface area contributed by atoms with Gasteiger partial charge < -0.3 is 19.7 Å². The number of halogens is 5. The molecule has 1 aliphatic rings. The van der Waals surface area contributed by atoms with Crippen molar-refractivity contribution in [1.29, 1.82) is 0 Å². The zero-order valence-electron chi connectivity index (χ0n) is 17.3. The monoisotopic (exact) mass is 576 g/mol. The second-order valence-electron chi connectivity index (χ2n) is 7.36. The number of hydrogen-bond acceptors (Lipinski definition) is 4. The van der Waals surface area contributed by atoms with Gasteiger partial charge in [0, 0.05) is 32.9 Å². The van der Waals surface area contributed by atoms with E-state index < -0.39 is 36.5 Å². The van der Waals surface area contributed by atoms with Crippen molar-refractivity contribution in [3.8, 4) is 17.2 Å². The Bertz CT molecular complexity index is 1060. The lowest BCUT2D eigenvalue weighted by Gasteiger charge is -2.10. The van der Waals surface area contributed by atoms with E-state index in [1.165, 1.54) is 25.0 Å². The third kappa shape index (κ3) is 7.31. The van der Waals surface area contributed by atoms with Gasteiger partial charge in [0.15, 0.2) is 0 Å². The highest BCUT2D eigenvalue weighted by atomic mass is 127. The van der Waals surface area contributed by atoms with Gasteiger partial charge in [0.05, 0.1) is 19.8 Å². The Labute approximate surface area is 201 Å². The molecule has 33 heavy (non-hydrogen) atoms. The number of aliphatic hydroxyl groups excluding tert-OH is 2. The second-order valence-corrected chi connectivity index (χ2v) is 8.61. The molecule has 0 unspecified atom stereocenters. The number of benzene rings is 3. The molecule has 3 aromatic rings. The Morgan fingerprint density at radius 1 is 0.758 bits per heavy atom. The average molecular weight is 576 g/mol. The van der Waals surface area contributed by atoms with Gasteiger partial charge in [-0.3, -0.25) is 0 Å². The molecule has 0 aromatic heterocycles. The summed E-state index contributed by atoms with van der Waals surface area (Å²) in [6.07, 6.45) is 2.40. The van der Waals surface area contributed by atoms with Crippen LogP contribution in [0.3, 0.4) is 0 Å². The molecule has 4 rings (SSSR count). The van der Waals surface area contributed by atoms with Crippen molar-refractivity contribution in [1.82, 2.24) is 0 Å². The van der Waals surface area contributed by atoms with Gasteiger partial charge in [-0.05, 0) is 65.6 Å². The van der Waals surface area contributed by atoms with Crippen LogP contribution in [-0.4, -0.2) is 16.8 Å². The number of ether oxygens (including phenoxy) is 2. The van der Waals surface area contributed by atoms with Crippen LogP contribution < -0.4 is 9.47 Å². The van der Waals surface area contributed by atoms with E-state index in [1.54, 1.807) is 40.8 Å². The predicted octanol–water partition coefficient (Wildman–Crippen LogP) is 6.10. The average Bonchev–Trinajstić information content (AvgIpc) is 3.57. The predicted molar refractivity (Wildman–Crippen MR) is 122 cm³/mol. The minimum atomic E-state index is -0.835. The minimum Gasteiger partial charge on any atom is -0.493 e. The molecule has 0 heterocycles. The largest absolute Gasteiger partial charge is 0.493 e. The molecule has 0 atom stereocenters. The van der Waals surface area contributed by atoms with Crippen LogP contribution in [0.1, 0.15) is 24.0 Å². The summed E-state index contributed by atoms with van der Waals surface area (Å²) in [5.74, 6) is -1.29. The van der Waals surface area contributed by atoms with Crippen molar-refractivity contribution in [2.75, 3.05) is 6.61 Å². The molecule has 0 radical (unpaired) electrons. The van der Waals surface area contributed by atoms with Crippen LogP contribution in [0.2, 0.25) is 0 Å². The maximum absolute atomic E-state index is 13.6. The van der Waals surface area contributed by atoms with E-state index in [1.807, 2.05) is 6.07 Å². The number of hydrogen-bond donors (Lipinski definition) is 2. The Balaban J connectivity index is 0.000000235. The Morgan fingerprint density at radius 2 is 1.27 bits per heavy atom. The van der Waals surface area contributed by atoms with Gasteiger partial charge in [0.1, 0.15) is 40.5 Å². The van der Waals surface area contributed by atoms with Crippen molar-refractivity contribution in [2.45, 2.75) is 26.1 Å². The highest BCUT2D eigenvalue weighted by molar-refractivity contribution is 14.1. The lowest BCUT2D eigenvalue weighted by atomic mass is 10.2. The zero-order valence-corrected chi connectivity index (χ0v) is 19.5. The first kappa shape index (κ1) is 25.3. The molecule has 2 N–H and O–H groups in total. The molecular formula is C24H21F4IO4. The topological polar surface area (TPSA) is 58.9 Å². The molecule has 176 valence electrons. The molecule has 1 fully saturated rings. The summed E-state index contributed by atoms with van der Waals surface area (Å²) < 4.78 is 64.2. The zero-order chi connectivity index (χ0) is 24.0. The van der Waals surface area contributed by atoms with Gasteiger partial charge in [0.25, 0.3) is 0 Å². The normalized spacial score (nSPS) is 12.7. The van der Waals surface area contributed by atoms with Crippen LogP contribution >= 0.6 is 22.6 Å². The summed E-state index contributed by atoms with van der Waals surface area (Å²) in [5.41, 5.74) is -0.640. The first-order valence-electron chi connectivity index (χ1n) is 10.0. The van der Waals surface area contributed by atoms with Gasteiger partial charge in [-0.1, -0.05) is 6.07 Å². The van der Waals surface area contributed by atoms with Crippen LogP contribution in [0.5, 0.6) is 17.2 Å². The lowest BCUT2D eigenvalue weighted by Crippen LogP contribution is -1.99. The molecule has 4 nitrogen and oxygen atoms in total. The molecule has 9 heteroatoms. The molecule has 1 saturated carbocycles. The van der Waals surface area contributed by atoms with Gasteiger partial charge >= 0.3 is 0 Å². The van der Waals surface area contributed by atoms with Crippen molar-refractivity contribution in [2.24, 2.45) is 5.92 Å². The van der Waals surface area contributed by atoms with Crippen LogP contribution in [0.25, 0.3) is 0 Å². The van der Waals surface area contributed by atoms with Crippen LogP contribution in [0, 0.1) is 32.8 Å². The fourth-order valence-electron chi connectivity index (χ4n) is 2.78. The van der Waals surface area contributed by atoms with E-state index in [2.05, 4.69) is 0 Å². The fourth-order valence-corrected chi connectivity index (χ4v) is 3.32. The Morgan fingerprint density at radius 3 is 1.79 bits per heavy atom. The Hall–Kier alpha value is -2.37. The minimum absolute atomic E-state index is 0.0338. The standard InChI is InChI=1S/C17H16F2O3.C7H5F2IO/c18-16-7-14(8-17(19)15(16)9-20)22-13-3-1-2-12(6-13)21-10-11-4-5-11;8-6-1-4(10)2-7(9)5(6)3-11/h1-3,6-8,11,20H,4-5,9-10H2;1-2,11H,3H2. The maximum Gasteiger partial charge on any atom is 0.135 e. The van der Waals surface area contributed by atoms with E-state index in [-0.39, 0.29) is 16.9 Å². The summed E-state index contributed by atoms with van der Waals surface area (Å²) in [6, 6.07) is 11.4. The van der Waals surface area contributed by atoms with Gasteiger partial charge in [-0.2, -0.15) is 0 Å². The third-order valence-electron chi connectivity index (χ3n) is 4.76. The maximum atomic E-state index is 13.6. The summed E-state index contributed by atoms with van der Waals surface area (Å²) in [5, 5.41) is 17.4. The van der Waals surface area contributed by atoms with Crippen molar-refractivity contribution in [3.63, 3.8) is 0 Å². The van der Waals surface area contributed by atoms with Gasteiger partial charge in [0.2, 0.25) is 0 Å². The van der Waals surface area contributed by atoms with E-state index in [0.717, 1.165) is 12.1 Å². The smallest absolute Gasteiger partial charge is 0.135 e. The van der Waals surface area contributed by atoms with E-state index >= 15 is 0 Å². The molecule has 3 aromatic carbocycles. The van der Waals surface area contributed by atoms with E-state index in [9.17, 15) is 17.6 Å². The van der Waals surface area contributed by atoms with Crippen LogP contribution in [-0.2, 0) is 13.2 Å². The van der Waals surface area contributed by atoms with Crippen LogP contribution in [0.15, 0.2) is 48.5 Å². The van der Waals surface area contributed by atoms with E-state index in [4.69, 9.17) is 19.7 Å². The summed E-state index contributed by atoms with van der Waals surface area (Å²) in [4.78, 5) is 0. The molecule has 0 amide bonds. The molecule has 1 aliphatic carbocycles. The fraction of sp³-hybridized carbons (Fsp3) is 0.250. The quantitative estimate of drug-likeness (QED) is 0.264. The molecular weight excluding hydrogens is 555 g/mol. The van der Waals surface area contributed by atoms with Crippen molar-refractivity contribution in [3.05, 3.63) is 86.5 Å². The van der Waals surface area contributed by atoms with Crippen molar-refractivity contribution < 1.29 is 37.2 Å². The first-order valence-corrected chi connectivity index (χ1v) is 11.1. The van der Waals surface area contributed by atoms with Crippen LogP contribution in [0.4, 0.5) is 17.6 Å². The summed E-state index contributed by atoms with van der Waals surface area (Å²) in [7, 11) is 0. The van der Waals surface area contributed by atoms with Gasteiger partial charge in [-0.25, -0.2) is 17.6 Å². The second kappa shape index (κ2) is 11.7. The highest BCUT2D eigenvalue weighted by Crippen LogP contribution is 2.31. The Kier molecular flexibility index (Phi) is 8.93. The molecule has 0 spiro atoms. The van der Waals surface area contributed by atoms with E-state index in [0.29, 0.717) is 27.6 Å². The molecule has 0 saturated heterocycles. The number of aliphatic hydroxyl groups is 2. The highest BCUT2D eigenvalue weighted by Gasteiger charge is 2.22. The molecule has 0 aliphatic heterocycles. The van der Waals surface area contributed by atoms with Crippen molar-refractivity contribution >= 4 is 22.6 Å².